The van der Waals surface area contributed by atoms with Gasteiger partial charge in [0.15, 0.2) is 5.82 Å². The predicted molar refractivity (Wildman–Crippen MR) is 90.9 cm³/mol. The standard InChI is InChI=1S/C19H23N3O3/c23-18-6-8-19(9-11-24-14-19)13-22(18)10-7-17-20-16(21-25-17)12-15-4-2-1-3-5-15/h1-5H,6-14H2/t19-/m1/s1. The van der Waals surface area contributed by atoms with Gasteiger partial charge in [0, 0.05) is 44.4 Å². The Hall–Kier alpha value is -2.21. The second-order valence-electron chi connectivity index (χ2n) is 7.13. The Labute approximate surface area is 147 Å². The van der Waals surface area contributed by atoms with Crippen molar-refractivity contribution in [2.75, 3.05) is 26.3 Å². The molecule has 1 amide bonds. The van der Waals surface area contributed by atoms with Crippen LogP contribution >= 0.6 is 0 Å². The summed E-state index contributed by atoms with van der Waals surface area (Å²) in [5.74, 6) is 1.51. The SMILES string of the molecule is O=C1CC[C@@]2(CCOC2)CN1CCc1nc(Cc2ccccc2)no1. The van der Waals surface area contributed by atoms with E-state index >= 15 is 0 Å². The highest BCUT2D eigenvalue weighted by Crippen LogP contribution is 2.38. The highest BCUT2D eigenvalue weighted by atomic mass is 16.5. The van der Waals surface area contributed by atoms with Crippen LogP contribution in [0.25, 0.3) is 0 Å². The van der Waals surface area contributed by atoms with Gasteiger partial charge in [-0.3, -0.25) is 4.79 Å². The second-order valence-corrected chi connectivity index (χ2v) is 7.13. The first-order valence-corrected chi connectivity index (χ1v) is 8.93. The Bertz CT molecular complexity index is 723. The van der Waals surface area contributed by atoms with Gasteiger partial charge in [-0.1, -0.05) is 35.5 Å². The number of likely N-dealkylation sites (tertiary alicyclic amines) is 1. The molecule has 0 radical (unpaired) electrons. The molecule has 2 aliphatic rings. The van der Waals surface area contributed by atoms with E-state index in [9.17, 15) is 4.79 Å². The molecule has 1 aromatic carbocycles. The highest BCUT2D eigenvalue weighted by Gasteiger charge is 2.41. The molecule has 6 heteroatoms. The molecule has 3 heterocycles. The summed E-state index contributed by atoms with van der Waals surface area (Å²) < 4.78 is 10.9. The van der Waals surface area contributed by atoms with E-state index in [4.69, 9.17) is 9.26 Å². The van der Waals surface area contributed by atoms with Gasteiger partial charge in [-0.05, 0) is 18.4 Å². The molecule has 25 heavy (non-hydrogen) atoms. The number of amides is 1. The van der Waals surface area contributed by atoms with E-state index in [2.05, 4.69) is 10.1 Å². The number of rotatable bonds is 5. The molecular formula is C19H23N3O3. The van der Waals surface area contributed by atoms with Crippen LogP contribution < -0.4 is 0 Å². The number of piperidine rings is 1. The lowest BCUT2D eigenvalue weighted by Crippen LogP contribution is -2.47. The van der Waals surface area contributed by atoms with E-state index in [0.29, 0.717) is 37.5 Å². The quantitative estimate of drug-likeness (QED) is 0.834. The molecule has 4 rings (SSSR count). The minimum absolute atomic E-state index is 0.168. The fourth-order valence-electron chi connectivity index (χ4n) is 3.75. The van der Waals surface area contributed by atoms with Crippen molar-refractivity contribution >= 4 is 5.91 Å². The van der Waals surface area contributed by atoms with Crippen LogP contribution in [0.2, 0.25) is 0 Å². The molecule has 6 nitrogen and oxygen atoms in total. The second kappa shape index (κ2) is 6.96. The maximum atomic E-state index is 12.2. The lowest BCUT2D eigenvalue weighted by Gasteiger charge is -2.39. The van der Waals surface area contributed by atoms with Crippen molar-refractivity contribution < 1.29 is 14.1 Å². The summed E-state index contributed by atoms with van der Waals surface area (Å²) in [4.78, 5) is 18.6. The van der Waals surface area contributed by atoms with Crippen LogP contribution in [0.5, 0.6) is 0 Å². The Kier molecular flexibility index (Phi) is 4.53. The maximum absolute atomic E-state index is 12.2. The molecular weight excluding hydrogens is 318 g/mol. The molecule has 2 aromatic rings. The maximum Gasteiger partial charge on any atom is 0.228 e. The summed E-state index contributed by atoms with van der Waals surface area (Å²) >= 11 is 0. The number of hydrogen-bond acceptors (Lipinski definition) is 5. The van der Waals surface area contributed by atoms with E-state index in [1.54, 1.807) is 0 Å². The van der Waals surface area contributed by atoms with E-state index in [0.717, 1.165) is 38.2 Å². The number of carbonyl (C=O) groups is 1. The molecule has 1 spiro atoms. The zero-order chi connectivity index (χ0) is 17.1. The number of nitrogens with zero attached hydrogens (tertiary/aromatic N) is 3. The number of carbonyl (C=O) groups excluding carboxylic acids is 1. The van der Waals surface area contributed by atoms with Gasteiger partial charge in [0.05, 0.1) is 6.61 Å². The van der Waals surface area contributed by atoms with Gasteiger partial charge >= 0.3 is 0 Å². The monoisotopic (exact) mass is 341 g/mol. The molecule has 0 aliphatic carbocycles. The van der Waals surface area contributed by atoms with Crippen molar-refractivity contribution in [3.63, 3.8) is 0 Å². The number of ether oxygens (including phenoxy) is 1. The van der Waals surface area contributed by atoms with Gasteiger partial charge in [-0.15, -0.1) is 0 Å². The molecule has 0 bridgehead atoms. The first-order valence-electron chi connectivity index (χ1n) is 8.93. The largest absolute Gasteiger partial charge is 0.381 e. The number of aromatic nitrogens is 2. The first-order chi connectivity index (χ1) is 12.2. The summed E-state index contributed by atoms with van der Waals surface area (Å²) in [6, 6.07) is 10.1. The van der Waals surface area contributed by atoms with Crippen LogP contribution in [0, 0.1) is 5.41 Å². The minimum atomic E-state index is 0.168. The zero-order valence-electron chi connectivity index (χ0n) is 14.3. The van der Waals surface area contributed by atoms with Gasteiger partial charge in [-0.2, -0.15) is 4.98 Å². The molecule has 132 valence electrons. The van der Waals surface area contributed by atoms with Crippen LogP contribution in [0.3, 0.4) is 0 Å². The van der Waals surface area contributed by atoms with Crippen LogP contribution in [0.1, 0.15) is 36.5 Å². The van der Waals surface area contributed by atoms with Crippen LogP contribution in [0.15, 0.2) is 34.9 Å². The van der Waals surface area contributed by atoms with Gasteiger partial charge in [0.25, 0.3) is 0 Å². The normalized spacial score (nSPS) is 23.5. The number of hydrogen-bond donors (Lipinski definition) is 0. The molecule has 0 N–H and O–H groups in total. The van der Waals surface area contributed by atoms with Crippen molar-refractivity contribution in [3.8, 4) is 0 Å². The third-order valence-corrected chi connectivity index (χ3v) is 5.24. The van der Waals surface area contributed by atoms with E-state index in [1.165, 1.54) is 0 Å². The lowest BCUT2D eigenvalue weighted by atomic mass is 9.79. The smallest absolute Gasteiger partial charge is 0.228 e. The molecule has 1 aromatic heterocycles. The summed E-state index contributed by atoms with van der Waals surface area (Å²) in [6.45, 7) is 3.01. The molecule has 2 fully saturated rings. The van der Waals surface area contributed by atoms with E-state index in [-0.39, 0.29) is 11.3 Å². The van der Waals surface area contributed by atoms with Crippen molar-refractivity contribution in [2.45, 2.75) is 32.1 Å². The van der Waals surface area contributed by atoms with Gasteiger partial charge < -0.3 is 14.2 Å². The van der Waals surface area contributed by atoms with Crippen LogP contribution in [-0.4, -0.2) is 47.3 Å². The van der Waals surface area contributed by atoms with Gasteiger partial charge in [-0.25, -0.2) is 0 Å². The molecule has 0 unspecified atom stereocenters. The molecule has 2 saturated heterocycles. The fraction of sp³-hybridized carbons (Fsp3) is 0.526. The Balaban J connectivity index is 1.34. The zero-order valence-corrected chi connectivity index (χ0v) is 14.3. The third kappa shape index (κ3) is 3.74. The molecule has 1 atom stereocenters. The molecule has 0 saturated carbocycles. The third-order valence-electron chi connectivity index (χ3n) is 5.24. The number of benzene rings is 1. The topological polar surface area (TPSA) is 68.5 Å². The summed E-state index contributed by atoms with van der Waals surface area (Å²) in [5, 5.41) is 4.06. The van der Waals surface area contributed by atoms with Crippen molar-refractivity contribution in [2.24, 2.45) is 5.41 Å². The minimum Gasteiger partial charge on any atom is -0.381 e. The average Bonchev–Trinajstić information content (AvgIpc) is 3.27. The van der Waals surface area contributed by atoms with Crippen LogP contribution in [0.4, 0.5) is 0 Å². The highest BCUT2D eigenvalue weighted by molar-refractivity contribution is 5.77. The lowest BCUT2D eigenvalue weighted by molar-refractivity contribution is -0.137. The first kappa shape index (κ1) is 16.3. The van der Waals surface area contributed by atoms with Gasteiger partial charge in [0.1, 0.15) is 0 Å². The summed E-state index contributed by atoms with van der Waals surface area (Å²) in [7, 11) is 0. The molecule has 2 aliphatic heterocycles. The Morgan fingerprint density at radius 1 is 1.20 bits per heavy atom. The predicted octanol–water partition coefficient (Wildman–Crippen LogP) is 2.23. The van der Waals surface area contributed by atoms with Crippen LogP contribution in [-0.2, 0) is 22.4 Å². The fourth-order valence-corrected chi connectivity index (χ4v) is 3.75. The van der Waals surface area contributed by atoms with E-state index < -0.39 is 0 Å². The van der Waals surface area contributed by atoms with E-state index in [1.807, 2.05) is 35.2 Å². The Morgan fingerprint density at radius 3 is 2.88 bits per heavy atom. The summed E-state index contributed by atoms with van der Waals surface area (Å²) in [6.07, 6.45) is 3.88. The Morgan fingerprint density at radius 2 is 2.08 bits per heavy atom. The van der Waals surface area contributed by atoms with Crippen molar-refractivity contribution in [3.05, 3.63) is 47.6 Å². The average molecular weight is 341 g/mol. The summed E-state index contributed by atoms with van der Waals surface area (Å²) in [5.41, 5.74) is 1.32. The van der Waals surface area contributed by atoms with Gasteiger partial charge in [0.2, 0.25) is 11.8 Å². The van der Waals surface area contributed by atoms with Crippen molar-refractivity contribution in [1.82, 2.24) is 15.0 Å². The van der Waals surface area contributed by atoms with Crippen molar-refractivity contribution in [1.29, 1.82) is 0 Å².